The zero-order valence-corrected chi connectivity index (χ0v) is 18.1. The minimum atomic E-state index is -0.475. The Kier molecular flexibility index (Phi) is 5.25. The topological polar surface area (TPSA) is 67.9 Å². The van der Waals surface area contributed by atoms with E-state index in [1.165, 1.54) is 0 Å². The average molecular weight is 467 g/mol. The maximum Gasteiger partial charge on any atom is 0.282 e. The van der Waals surface area contributed by atoms with Crippen LogP contribution in [0.4, 0.5) is 11.4 Å². The van der Waals surface area contributed by atoms with Gasteiger partial charge in [-0.15, -0.1) is 0 Å². The van der Waals surface area contributed by atoms with E-state index >= 15 is 0 Å². The van der Waals surface area contributed by atoms with Crippen molar-refractivity contribution >= 4 is 52.0 Å². The van der Waals surface area contributed by atoms with Crippen molar-refractivity contribution in [2.75, 3.05) is 23.4 Å². The minimum Gasteiger partial charge on any atom is -0.486 e. The number of amides is 2. The highest BCUT2D eigenvalue weighted by atomic mass is 35.5. The number of carbonyl (C=O) groups is 2. The van der Waals surface area contributed by atoms with Crippen molar-refractivity contribution in [2.24, 2.45) is 0 Å². The molecule has 2 amide bonds. The molecule has 6 nitrogen and oxygen atoms in total. The van der Waals surface area contributed by atoms with E-state index in [1.807, 2.05) is 0 Å². The molecular formula is C24H16Cl2N2O4. The molecule has 0 aliphatic carbocycles. The van der Waals surface area contributed by atoms with E-state index in [-0.39, 0.29) is 11.3 Å². The molecule has 0 saturated carbocycles. The van der Waals surface area contributed by atoms with Crippen molar-refractivity contribution in [3.05, 3.63) is 88.0 Å². The first-order valence-corrected chi connectivity index (χ1v) is 10.6. The maximum atomic E-state index is 13.4. The summed E-state index contributed by atoms with van der Waals surface area (Å²) in [4.78, 5) is 28.0. The second-order valence-corrected chi connectivity index (χ2v) is 8.04. The lowest BCUT2D eigenvalue weighted by Gasteiger charge is -2.19. The molecular weight excluding hydrogens is 451 g/mol. The number of fused-ring (bicyclic) bond motifs is 1. The van der Waals surface area contributed by atoms with Crippen molar-refractivity contribution in [3.63, 3.8) is 0 Å². The molecule has 3 aromatic carbocycles. The molecule has 0 radical (unpaired) electrons. The molecule has 0 unspecified atom stereocenters. The lowest BCUT2D eigenvalue weighted by atomic mass is 10.0. The number of carbonyl (C=O) groups excluding carboxylic acids is 2. The largest absolute Gasteiger partial charge is 0.486 e. The number of ether oxygens (including phenoxy) is 2. The Morgan fingerprint density at radius 3 is 2.06 bits per heavy atom. The van der Waals surface area contributed by atoms with E-state index in [0.717, 1.165) is 4.90 Å². The minimum absolute atomic E-state index is 0.156. The number of benzene rings is 3. The number of imide groups is 1. The number of rotatable bonds is 4. The molecule has 32 heavy (non-hydrogen) atoms. The zero-order chi connectivity index (χ0) is 22.2. The van der Waals surface area contributed by atoms with Gasteiger partial charge in [0.05, 0.1) is 11.3 Å². The smallest absolute Gasteiger partial charge is 0.282 e. The molecule has 1 N–H and O–H groups in total. The molecule has 0 atom stereocenters. The van der Waals surface area contributed by atoms with Crippen LogP contribution in [0.5, 0.6) is 11.5 Å². The molecule has 3 aromatic rings. The van der Waals surface area contributed by atoms with Gasteiger partial charge in [-0.05, 0) is 54.1 Å². The molecule has 0 bridgehead atoms. The second-order valence-electron chi connectivity index (χ2n) is 7.16. The first-order valence-electron chi connectivity index (χ1n) is 9.82. The van der Waals surface area contributed by atoms with Gasteiger partial charge in [0, 0.05) is 21.8 Å². The summed E-state index contributed by atoms with van der Waals surface area (Å²) in [6.07, 6.45) is 0. The van der Waals surface area contributed by atoms with E-state index in [2.05, 4.69) is 5.32 Å². The second kappa shape index (κ2) is 8.22. The monoisotopic (exact) mass is 466 g/mol. The van der Waals surface area contributed by atoms with Crippen molar-refractivity contribution in [3.8, 4) is 11.5 Å². The van der Waals surface area contributed by atoms with Gasteiger partial charge >= 0.3 is 0 Å². The van der Waals surface area contributed by atoms with Crippen molar-refractivity contribution in [1.29, 1.82) is 0 Å². The van der Waals surface area contributed by atoms with E-state index in [1.54, 1.807) is 66.7 Å². The molecule has 0 aromatic heterocycles. The predicted octanol–water partition coefficient (Wildman–Crippen LogP) is 5.16. The van der Waals surface area contributed by atoms with Crippen LogP contribution in [0.2, 0.25) is 10.0 Å². The number of halogens is 2. The first-order chi connectivity index (χ1) is 15.5. The third-order valence-corrected chi connectivity index (χ3v) is 5.62. The van der Waals surface area contributed by atoms with Crippen LogP contribution in [-0.2, 0) is 9.59 Å². The fraction of sp³-hybridized carbons (Fsp3) is 0.0833. The van der Waals surface area contributed by atoms with Gasteiger partial charge in [0.25, 0.3) is 11.8 Å². The molecule has 0 spiro atoms. The van der Waals surface area contributed by atoms with Gasteiger partial charge in [-0.3, -0.25) is 9.59 Å². The maximum absolute atomic E-state index is 13.4. The van der Waals surface area contributed by atoms with E-state index in [4.69, 9.17) is 32.7 Å². The third-order valence-electron chi connectivity index (χ3n) is 5.11. The molecule has 2 heterocycles. The SMILES string of the molecule is O=C1C(Nc2ccc3c(c2)OCCO3)=C(c2ccc(Cl)cc2)C(=O)N1c1ccc(Cl)cc1. The standard InChI is InChI=1S/C24H16Cl2N2O4/c25-15-3-1-14(2-4-15)21-22(27-17-7-10-19-20(13-17)32-12-11-31-19)24(30)28(23(21)29)18-8-5-16(26)6-9-18/h1-10,13,27H,11-12H2. The van der Waals surface area contributed by atoms with Gasteiger partial charge < -0.3 is 14.8 Å². The van der Waals surface area contributed by atoms with Crippen molar-refractivity contribution < 1.29 is 19.1 Å². The Hall–Kier alpha value is -3.48. The van der Waals surface area contributed by atoms with Crippen LogP contribution < -0.4 is 19.7 Å². The summed E-state index contributed by atoms with van der Waals surface area (Å²) < 4.78 is 11.2. The fourth-order valence-electron chi connectivity index (χ4n) is 3.62. The summed E-state index contributed by atoms with van der Waals surface area (Å²) in [6.45, 7) is 0.922. The predicted molar refractivity (Wildman–Crippen MR) is 123 cm³/mol. The molecule has 2 aliphatic heterocycles. The van der Waals surface area contributed by atoms with Gasteiger partial charge in [-0.1, -0.05) is 35.3 Å². The van der Waals surface area contributed by atoms with Gasteiger partial charge in [0.1, 0.15) is 18.9 Å². The summed E-state index contributed by atoms with van der Waals surface area (Å²) in [7, 11) is 0. The van der Waals surface area contributed by atoms with Gasteiger partial charge in [-0.2, -0.15) is 0 Å². The summed E-state index contributed by atoms with van der Waals surface area (Å²) in [5.41, 5.74) is 1.99. The van der Waals surface area contributed by atoms with Crippen LogP contribution in [0.1, 0.15) is 5.56 Å². The Morgan fingerprint density at radius 2 is 1.38 bits per heavy atom. The molecule has 0 saturated heterocycles. The van der Waals surface area contributed by atoms with E-state index in [0.29, 0.717) is 51.7 Å². The normalized spacial score (nSPS) is 15.4. The Morgan fingerprint density at radius 1 is 0.750 bits per heavy atom. The number of hydrogen-bond donors (Lipinski definition) is 1. The third kappa shape index (κ3) is 3.68. The molecule has 160 valence electrons. The number of anilines is 2. The molecule has 8 heteroatoms. The van der Waals surface area contributed by atoms with Crippen molar-refractivity contribution in [2.45, 2.75) is 0 Å². The van der Waals surface area contributed by atoms with E-state index < -0.39 is 11.8 Å². The summed E-state index contributed by atoms with van der Waals surface area (Å²) in [6, 6.07) is 18.6. The summed E-state index contributed by atoms with van der Waals surface area (Å²) in [5.74, 6) is 0.281. The summed E-state index contributed by atoms with van der Waals surface area (Å²) >= 11 is 12.0. The molecule has 5 rings (SSSR count). The lowest BCUT2D eigenvalue weighted by Crippen LogP contribution is -2.32. The quantitative estimate of drug-likeness (QED) is 0.537. The highest BCUT2D eigenvalue weighted by molar-refractivity contribution is 6.46. The van der Waals surface area contributed by atoms with Crippen LogP contribution in [-0.4, -0.2) is 25.0 Å². The van der Waals surface area contributed by atoms with Crippen LogP contribution in [0.15, 0.2) is 72.4 Å². The number of hydrogen-bond acceptors (Lipinski definition) is 5. The van der Waals surface area contributed by atoms with Gasteiger partial charge in [-0.25, -0.2) is 4.90 Å². The van der Waals surface area contributed by atoms with Gasteiger partial charge in [0.2, 0.25) is 0 Å². The number of nitrogens with one attached hydrogen (secondary N) is 1. The van der Waals surface area contributed by atoms with Gasteiger partial charge in [0.15, 0.2) is 11.5 Å². The molecule has 0 fully saturated rings. The van der Waals surface area contributed by atoms with Crippen LogP contribution >= 0.6 is 23.2 Å². The number of nitrogens with zero attached hydrogens (tertiary/aromatic N) is 1. The van der Waals surface area contributed by atoms with E-state index in [9.17, 15) is 9.59 Å². The highest BCUT2D eigenvalue weighted by Gasteiger charge is 2.40. The van der Waals surface area contributed by atoms with Crippen molar-refractivity contribution in [1.82, 2.24) is 0 Å². The van der Waals surface area contributed by atoms with Crippen LogP contribution in [0.3, 0.4) is 0 Å². The van der Waals surface area contributed by atoms with Crippen LogP contribution in [0, 0.1) is 0 Å². The van der Waals surface area contributed by atoms with Crippen LogP contribution in [0.25, 0.3) is 5.57 Å². The molecule has 2 aliphatic rings. The Labute approximate surface area is 194 Å². The fourth-order valence-corrected chi connectivity index (χ4v) is 3.87. The first kappa shape index (κ1) is 20.4. The Balaban J connectivity index is 1.58. The zero-order valence-electron chi connectivity index (χ0n) is 16.6. The summed E-state index contributed by atoms with van der Waals surface area (Å²) in [5, 5.41) is 4.16. The lowest BCUT2D eigenvalue weighted by molar-refractivity contribution is -0.120. The average Bonchev–Trinajstić information content (AvgIpc) is 3.04. The highest BCUT2D eigenvalue weighted by Crippen LogP contribution is 2.37. The Bertz CT molecular complexity index is 1250.